The maximum absolute atomic E-state index is 12.8. The molecule has 0 aliphatic heterocycles. The van der Waals surface area contributed by atoms with Crippen molar-refractivity contribution in [3.05, 3.63) is 52.3 Å². The Kier molecular flexibility index (Phi) is 7.23. The maximum Gasteiger partial charge on any atom is 0.339 e. The van der Waals surface area contributed by atoms with Gasteiger partial charge in [0.1, 0.15) is 11.4 Å². The van der Waals surface area contributed by atoms with Crippen molar-refractivity contribution in [2.24, 2.45) is 0 Å². The van der Waals surface area contributed by atoms with E-state index in [1.165, 1.54) is 7.11 Å². The van der Waals surface area contributed by atoms with Crippen LogP contribution in [0.15, 0.2) is 24.3 Å². The molecule has 2 N–H and O–H groups in total. The number of H-pyrrole nitrogens is 1. The zero-order valence-electron chi connectivity index (χ0n) is 17.4. The second kappa shape index (κ2) is 9.41. The molecule has 7 nitrogen and oxygen atoms in total. The summed E-state index contributed by atoms with van der Waals surface area (Å²) in [6.45, 7) is 4.06. The first kappa shape index (κ1) is 21.5. The summed E-state index contributed by atoms with van der Waals surface area (Å²) in [4.78, 5) is 30.0. The van der Waals surface area contributed by atoms with Crippen molar-refractivity contribution in [1.82, 2.24) is 15.2 Å². The number of rotatable bonds is 8. The summed E-state index contributed by atoms with van der Waals surface area (Å²) in [7, 11) is 6.87. The number of carbonyl (C=O) groups excluding carboxylic acids is 2. The highest BCUT2D eigenvalue weighted by Crippen LogP contribution is 2.27. The number of benzene rings is 1. The van der Waals surface area contributed by atoms with E-state index in [-0.39, 0.29) is 11.9 Å². The molecule has 0 saturated carbocycles. The van der Waals surface area contributed by atoms with Crippen LogP contribution in [0, 0.1) is 6.92 Å². The van der Waals surface area contributed by atoms with E-state index in [0.717, 1.165) is 11.3 Å². The topological polar surface area (TPSA) is 83.7 Å². The van der Waals surface area contributed by atoms with Gasteiger partial charge in [0, 0.05) is 17.8 Å². The fourth-order valence-corrected chi connectivity index (χ4v) is 3.32. The summed E-state index contributed by atoms with van der Waals surface area (Å²) >= 11 is 0. The van der Waals surface area contributed by atoms with Gasteiger partial charge in [-0.25, -0.2) is 4.79 Å². The highest BCUT2D eigenvalue weighted by molar-refractivity contribution is 6.00. The van der Waals surface area contributed by atoms with E-state index in [4.69, 9.17) is 9.47 Å². The molecule has 0 saturated heterocycles. The molecule has 0 aliphatic carbocycles. The Labute approximate surface area is 166 Å². The predicted molar refractivity (Wildman–Crippen MR) is 108 cm³/mol. The number of likely N-dealkylation sites (N-methyl/N-ethyl adjacent to an activating group) is 1. The molecule has 2 rings (SSSR count). The normalized spacial score (nSPS) is 12.0. The van der Waals surface area contributed by atoms with Crippen LogP contribution in [0.25, 0.3) is 0 Å². The molecule has 1 heterocycles. The van der Waals surface area contributed by atoms with Gasteiger partial charge < -0.3 is 24.7 Å². The van der Waals surface area contributed by atoms with E-state index in [9.17, 15) is 9.59 Å². The zero-order valence-corrected chi connectivity index (χ0v) is 17.4. The van der Waals surface area contributed by atoms with Gasteiger partial charge in [-0.1, -0.05) is 25.1 Å². The summed E-state index contributed by atoms with van der Waals surface area (Å²) in [5.74, 6) is 0.0710. The number of nitrogens with one attached hydrogen (secondary N) is 2. The van der Waals surface area contributed by atoms with Crippen molar-refractivity contribution in [3.63, 3.8) is 0 Å². The van der Waals surface area contributed by atoms with E-state index in [0.29, 0.717) is 35.5 Å². The maximum atomic E-state index is 12.8. The molecule has 2 aromatic rings. The van der Waals surface area contributed by atoms with Crippen molar-refractivity contribution in [3.8, 4) is 5.75 Å². The van der Waals surface area contributed by atoms with E-state index in [2.05, 4.69) is 10.3 Å². The molecule has 1 aromatic heterocycles. The number of amides is 1. The van der Waals surface area contributed by atoms with Gasteiger partial charge in [-0.05, 0) is 39.1 Å². The third kappa shape index (κ3) is 4.36. The SMILES string of the molecule is CCc1[nH]c(C(=O)NCC(c2ccccc2OC)N(C)C)c(C)c1C(=O)OC. The average molecular weight is 387 g/mol. The van der Waals surface area contributed by atoms with Crippen LogP contribution in [0.2, 0.25) is 0 Å². The van der Waals surface area contributed by atoms with Crippen LogP contribution in [0.1, 0.15) is 50.6 Å². The Hall–Kier alpha value is -2.80. The lowest BCUT2D eigenvalue weighted by molar-refractivity contribution is 0.0599. The van der Waals surface area contributed by atoms with Gasteiger partial charge in [0.25, 0.3) is 5.91 Å². The van der Waals surface area contributed by atoms with Gasteiger partial charge >= 0.3 is 5.97 Å². The average Bonchev–Trinajstić information content (AvgIpc) is 3.03. The largest absolute Gasteiger partial charge is 0.496 e. The number of carbonyl (C=O) groups is 2. The summed E-state index contributed by atoms with van der Waals surface area (Å²) < 4.78 is 10.3. The molecule has 1 unspecified atom stereocenters. The predicted octanol–water partition coefficient (Wildman–Crippen LogP) is 2.71. The standard InChI is InChI=1S/C21H29N3O4/c1-7-15-18(21(26)28-6)13(2)19(23-15)20(25)22-12-16(24(3)4)14-10-8-9-11-17(14)27-5/h8-11,16,23H,7,12H2,1-6H3,(H,22,25). The Bertz CT molecular complexity index is 842. The molecule has 28 heavy (non-hydrogen) atoms. The number of aromatic amines is 1. The molecule has 0 fully saturated rings. The quantitative estimate of drug-likeness (QED) is 0.681. The minimum atomic E-state index is -0.440. The number of nitrogens with zero attached hydrogens (tertiary/aromatic N) is 1. The third-order valence-corrected chi connectivity index (χ3v) is 4.88. The van der Waals surface area contributed by atoms with Crippen LogP contribution < -0.4 is 10.1 Å². The summed E-state index contributed by atoms with van der Waals surface area (Å²) in [6.07, 6.45) is 0.597. The molecule has 7 heteroatoms. The lowest BCUT2D eigenvalue weighted by atomic mass is 10.0. The lowest BCUT2D eigenvalue weighted by Crippen LogP contribution is -2.35. The summed E-state index contributed by atoms with van der Waals surface area (Å²) in [5, 5.41) is 2.97. The van der Waals surface area contributed by atoms with Crippen molar-refractivity contribution < 1.29 is 19.1 Å². The fourth-order valence-electron chi connectivity index (χ4n) is 3.32. The second-order valence-electron chi connectivity index (χ2n) is 6.76. The van der Waals surface area contributed by atoms with E-state index >= 15 is 0 Å². The first-order chi connectivity index (χ1) is 13.3. The summed E-state index contributed by atoms with van der Waals surface area (Å²) in [6, 6.07) is 7.68. The zero-order chi connectivity index (χ0) is 20.8. The molecule has 1 amide bonds. The number of ether oxygens (including phenoxy) is 2. The van der Waals surface area contributed by atoms with Crippen molar-refractivity contribution in [2.45, 2.75) is 26.3 Å². The minimum Gasteiger partial charge on any atom is -0.496 e. The highest BCUT2D eigenvalue weighted by atomic mass is 16.5. The van der Waals surface area contributed by atoms with Crippen LogP contribution in [-0.4, -0.2) is 56.6 Å². The van der Waals surface area contributed by atoms with E-state index < -0.39 is 5.97 Å². The van der Waals surface area contributed by atoms with Crippen LogP contribution in [0.3, 0.4) is 0 Å². The van der Waals surface area contributed by atoms with Crippen LogP contribution in [0.5, 0.6) is 5.75 Å². The first-order valence-corrected chi connectivity index (χ1v) is 9.22. The number of para-hydroxylation sites is 1. The molecule has 152 valence electrons. The third-order valence-electron chi connectivity index (χ3n) is 4.88. The van der Waals surface area contributed by atoms with Gasteiger partial charge in [0.15, 0.2) is 0 Å². The van der Waals surface area contributed by atoms with Crippen LogP contribution in [-0.2, 0) is 11.2 Å². The number of esters is 1. The Morgan fingerprint density at radius 3 is 2.46 bits per heavy atom. The number of hydrogen-bond donors (Lipinski definition) is 2. The Balaban J connectivity index is 2.24. The molecule has 1 atom stereocenters. The molecule has 0 aliphatic rings. The van der Waals surface area contributed by atoms with Crippen molar-refractivity contribution >= 4 is 11.9 Å². The molecule has 1 aromatic carbocycles. The number of aromatic nitrogens is 1. The molecular weight excluding hydrogens is 358 g/mol. The number of hydrogen-bond acceptors (Lipinski definition) is 5. The monoisotopic (exact) mass is 387 g/mol. The number of aryl methyl sites for hydroxylation is 1. The van der Waals surface area contributed by atoms with Crippen LogP contribution >= 0.6 is 0 Å². The van der Waals surface area contributed by atoms with Gasteiger partial charge in [0.2, 0.25) is 0 Å². The first-order valence-electron chi connectivity index (χ1n) is 9.22. The van der Waals surface area contributed by atoms with E-state index in [1.54, 1.807) is 14.0 Å². The second-order valence-corrected chi connectivity index (χ2v) is 6.76. The van der Waals surface area contributed by atoms with Crippen molar-refractivity contribution in [1.29, 1.82) is 0 Å². The Morgan fingerprint density at radius 2 is 1.89 bits per heavy atom. The van der Waals surface area contributed by atoms with Gasteiger partial charge in [0.05, 0.1) is 25.8 Å². The van der Waals surface area contributed by atoms with Crippen LogP contribution in [0.4, 0.5) is 0 Å². The molecule has 0 spiro atoms. The van der Waals surface area contributed by atoms with Crippen molar-refractivity contribution in [2.75, 3.05) is 34.9 Å². The highest BCUT2D eigenvalue weighted by Gasteiger charge is 2.25. The van der Waals surface area contributed by atoms with E-state index in [1.807, 2.05) is 50.2 Å². The summed E-state index contributed by atoms with van der Waals surface area (Å²) in [5.41, 5.74) is 3.10. The van der Waals surface area contributed by atoms with Gasteiger partial charge in [-0.15, -0.1) is 0 Å². The molecule has 0 radical (unpaired) electrons. The van der Waals surface area contributed by atoms with Gasteiger partial charge in [-0.3, -0.25) is 4.79 Å². The molecule has 0 bridgehead atoms. The number of methoxy groups -OCH3 is 2. The Morgan fingerprint density at radius 1 is 1.21 bits per heavy atom. The van der Waals surface area contributed by atoms with Gasteiger partial charge in [-0.2, -0.15) is 0 Å². The lowest BCUT2D eigenvalue weighted by Gasteiger charge is -2.26. The fraction of sp³-hybridized carbons (Fsp3) is 0.429. The smallest absolute Gasteiger partial charge is 0.339 e. The molecular formula is C21H29N3O4. The minimum absolute atomic E-state index is 0.0684.